The number of amides is 1. The zero-order valence-electron chi connectivity index (χ0n) is 45.9. The minimum atomic E-state index is -2.50. The Morgan fingerprint density at radius 3 is 2.64 bits per heavy atom. The molecule has 15 N–H and O–H groups in total. The van der Waals surface area contributed by atoms with Crippen LogP contribution in [-0.2, 0) is 30.4 Å². The summed E-state index contributed by atoms with van der Waals surface area (Å²) in [5.41, 5.74) is 9.55. The van der Waals surface area contributed by atoms with Crippen molar-refractivity contribution < 1.29 is 78.6 Å². The molecule has 3 aromatic carbocycles. The molecule has 7 aliphatic heterocycles. The van der Waals surface area contributed by atoms with Crippen molar-refractivity contribution in [3.8, 4) is 23.3 Å². The van der Waals surface area contributed by atoms with Crippen LogP contribution in [0.1, 0.15) is 80.6 Å². The summed E-state index contributed by atoms with van der Waals surface area (Å²) in [7, 11) is 2.57. The molecule has 3 aromatic rings. The third-order valence-corrected chi connectivity index (χ3v) is 19.3. The molecule has 3 saturated heterocycles. The van der Waals surface area contributed by atoms with Crippen LogP contribution < -0.4 is 52.2 Å². The van der Waals surface area contributed by atoms with Gasteiger partial charge in [0.15, 0.2) is 34.3 Å². The number of dihydropyridines is 1. The van der Waals surface area contributed by atoms with E-state index in [2.05, 4.69) is 44.0 Å². The molecule has 84 heavy (non-hydrogen) atoms. The van der Waals surface area contributed by atoms with Gasteiger partial charge < -0.3 is 85.2 Å². The molecule has 450 valence electrons. The van der Waals surface area contributed by atoms with Gasteiger partial charge in [0, 0.05) is 70.8 Å². The highest BCUT2D eigenvalue weighted by Crippen LogP contribution is 2.54. The van der Waals surface area contributed by atoms with Gasteiger partial charge in [0.2, 0.25) is 12.2 Å². The number of carbonyl (C=O) groups excluding carboxylic acids is 4. The van der Waals surface area contributed by atoms with Crippen molar-refractivity contribution in [2.24, 2.45) is 23.5 Å². The maximum atomic E-state index is 15.5. The lowest BCUT2D eigenvalue weighted by Crippen LogP contribution is -2.75. The van der Waals surface area contributed by atoms with E-state index in [1.807, 2.05) is 35.2 Å². The van der Waals surface area contributed by atoms with E-state index in [1.54, 1.807) is 19.1 Å². The quantitative estimate of drug-likeness (QED) is 0.0252. The lowest BCUT2D eigenvalue weighted by atomic mass is 9.74. The Bertz CT molecular complexity index is 3140. The first-order valence-electron chi connectivity index (χ1n) is 28.1. The highest BCUT2D eigenvalue weighted by atomic mass is 33.1. The zero-order chi connectivity index (χ0) is 59.0. The molecule has 26 heteroatoms. The molecule has 1 amide bonds. The summed E-state index contributed by atoms with van der Waals surface area (Å²) < 4.78 is 34.9. The highest BCUT2D eigenvalue weighted by Gasteiger charge is 2.66. The Morgan fingerprint density at radius 2 is 1.85 bits per heavy atom. The van der Waals surface area contributed by atoms with Gasteiger partial charge >= 0.3 is 0 Å². The number of nitrogens with zero attached hydrogens (tertiary/aromatic N) is 1. The number of hydrogen-bond acceptors (Lipinski definition) is 25. The fourth-order valence-corrected chi connectivity index (χ4v) is 15.0. The SMILES string of the molecule is C[C@H](O)CNNC1=CC([C@H](CO)CO[C@]23CSSC[C@@H]4C#C[C@](O)([C@@H]5COC[C@@H](CC[C@@H]4O)[C@@H](c4ccccc4N4CN[C@@H]6C(=O)N[C@H](N)N[C@H]64)c4cc6c(c(OC[C@H](O)CC=O)c4O[C@H]2O5)C(=O)c2cc(CO)ccc2C6=O)[C@H]3O)=CCN1. The predicted octanol–water partition coefficient (Wildman–Crippen LogP) is -1.34. The molecular weight excluding hydrogens is 1130 g/mol. The smallest absolute Gasteiger partial charge is 0.242 e. The van der Waals surface area contributed by atoms with E-state index in [0.717, 1.165) is 0 Å². The number of rotatable bonds is 17. The van der Waals surface area contributed by atoms with Crippen LogP contribution in [0.25, 0.3) is 0 Å². The predicted molar refractivity (Wildman–Crippen MR) is 306 cm³/mol. The summed E-state index contributed by atoms with van der Waals surface area (Å²) in [6.07, 6.45) is -6.11. The maximum absolute atomic E-state index is 15.5. The van der Waals surface area contributed by atoms with Gasteiger partial charge in [0.1, 0.15) is 49.4 Å². The molecule has 15 atom stereocenters. The van der Waals surface area contributed by atoms with Crippen LogP contribution in [0.15, 0.2) is 72.1 Å². The van der Waals surface area contributed by atoms with E-state index in [4.69, 9.17) is 29.4 Å². The van der Waals surface area contributed by atoms with Crippen LogP contribution in [-0.4, -0.2) is 190 Å². The van der Waals surface area contributed by atoms with E-state index >= 15 is 9.59 Å². The number of nitrogens with one attached hydrogen (secondary N) is 6. The molecule has 0 saturated carbocycles. The molecule has 7 heterocycles. The van der Waals surface area contributed by atoms with Gasteiger partial charge in [-0.25, -0.2) is 5.43 Å². The number of carbonyl (C=O) groups is 4. The largest absolute Gasteiger partial charge is 0.486 e. The van der Waals surface area contributed by atoms with Crippen molar-refractivity contribution in [1.29, 1.82) is 0 Å². The number of nitrogens with two attached hydrogens (primary N) is 1. The van der Waals surface area contributed by atoms with Gasteiger partial charge in [0.25, 0.3) is 0 Å². The summed E-state index contributed by atoms with van der Waals surface area (Å²) in [6.45, 7) is -0.0453. The second-order valence-corrected chi connectivity index (χ2v) is 24.9. The Kier molecular flexibility index (Phi) is 18.1. The Morgan fingerprint density at radius 1 is 1.01 bits per heavy atom. The van der Waals surface area contributed by atoms with Crippen molar-refractivity contribution in [2.75, 3.05) is 69.2 Å². The van der Waals surface area contributed by atoms with E-state index in [0.29, 0.717) is 41.0 Å². The first-order chi connectivity index (χ1) is 40.6. The third-order valence-electron chi connectivity index (χ3n) is 16.8. The van der Waals surface area contributed by atoms with E-state index in [9.17, 15) is 45.3 Å². The van der Waals surface area contributed by atoms with Crippen molar-refractivity contribution in [1.82, 2.24) is 32.1 Å². The highest BCUT2D eigenvalue weighted by molar-refractivity contribution is 8.76. The van der Waals surface area contributed by atoms with Crippen LogP contribution in [0.3, 0.4) is 0 Å². The maximum Gasteiger partial charge on any atom is 0.242 e. The standard InChI is InChI=1S/C58H70N8O16S2/c1-29(70)19-62-65-44-17-31(11-14-60-44)34(21-69)23-80-58-27-84-83-26-33-10-13-57(77,54(58)76)43-25-78-22-32(7-9-42(33)72)45(37-4-2-3-5-41(37)66-28-61-47-52(66)63-56(59)64-53(47)75)40-18-39-46(49(74)38-16-30(20-68)6-8-36(38)48(39)73)51(50(40)82-55(58)81-43)79-24-35(71)12-15-67/h2-6,8,11,15-18,29,32-35,42-43,45,47,52,54-56,60-63,65,68-72,76-77H,7,9,12,14,19-28,59H2,1H3,(H,64,75)/t29-,32+,33-,34+,35+,42-,43-,45-,47-,52-,54+,55+,56+,57-,58-/m0/s1. The molecular formula is C58H70N8O16S2. The molecule has 0 unspecified atom stereocenters. The molecule has 1 aliphatic carbocycles. The van der Waals surface area contributed by atoms with Crippen molar-refractivity contribution >= 4 is 51.0 Å². The minimum absolute atomic E-state index is 0.0306. The summed E-state index contributed by atoms with van der Waals surface area (Å²) in [6, 6.07) is 12.6. The Balaban J connectivity index is 1.16. The van der Waals surface area contributed by atoms with Crippen molar-refractivity contribution in [3.05, 3.63) is 111 Å². The topological polar surface area (TPSA) is 357 Å². The van der Waals surface area contributed by atoms with Crippen molar-refractivity contribution in [3.63, 3.8) is 0 Å². The van der Waals surface area contributed by atoms with Gasteiger partial charge in [-0.05, 0) is 72.7 Å². The number of ketones is 2. The zero-order valence-corrected chi connectivity index (χ0v) is 47.5. The first kappa shape index (κ1) is 60.0. The fourth-order valence-electron chi connectivity index (χ4n) is 12.3. The van der Waals surface area contributed by atoms with Crippen LogP contribution in [0.5, 0.6) is 11.5 Å². The molecule has 8 aliphatic rings. The monoisotopic (exact) mass is 1200 g/mol. The van der Waals surface area contributed by atoms with Crippen molar-refractivity contribution in [2.45, 2.75) is 105 Å². The summed E-state index contributed by atoms with van der Waals surface area (Å²) >= 11 is 0. The molecule has 6 bridgehead atoms. The van der Waals surface area contributed by atoms with Gasteiger partial charge in [0.05, 0.1) is 69.5 Å². The molecule has 0 radical (unpaired) electrons. The number of hydrazine groups is 1. The Hall–Kier alpha value is -5.68. The number of anilines is 1. The summed E-state index contributed by atoms with van der Waals surface area (Å²) in [4.78, 5) is 58.2. The number of aliphatic hydroxyl groups excluding tert-OH is 6. The average Bonchev–Trinajstić information content (AvgIpc) is 2.22. The fraction of sp³-hybridized carbons (Fsp3) is 0.517. The number of benzene rings is 3. The average molecular weight is 1200 g/mol. The van der Waals surface area contributed by atoms with Crippen LogP contribution in [0.2, 0.25) is 0 Å². The van der Waals surface area contributed by atoms with Gasteiger partial charge in [-0.1, -0.05) is 63.8 Å². The van der Waals surface area contributed by atoms with E-state index in [1.165, 1.54) is 39.8 Å². The number of allylic oxidation sites excluding steroid dienone is 1. The molecule has 11 rings (SSSR count). The first-order valence-corrected chi connectivity index (χ1v) is 30.6. The summed E-state index contributed by atoms with van der Waals surface area (Å²) in [5, 5.41) is 94.1. The number of aldehydes is 1. The third kappa shape index (κ3) is 11.5. The number of hydrogen-bond donors (Lipinski definition) is 14. The molecule has 0 spiro atoms. The lowest BCUT2D eigenvalue weighted by Gasteiger charge is -2.54. The van der Waals surface area contributed by atoms with Gasteiger partial charge in [-0.3, -0.25) is 30.8 Å². The molecule has 0 aromatic heterocycles. The Labute approximate surface area is 492 Å². The number of ether oxygens (including phenoxy) is 5. The van der Waals surface area contributed by atoms with Crippen LogP contribution in [0.4, 0.5) is 5.69 Å². The van der Waals surface area contributed by atoms with Crippen LogP contribution >= 0.6 is 21.6 Å². The van der Waals surface area contributed by atoms with Gasteiger partial charge in [-0.2, -0.15) is 0 Å². The second kappa shape index (κ2) is 25.3. The van der Waals surface area contributed by atoms with Gasteiger partial charge in [-0.15, -0.1) is 0 Å². The minimum Gasteiger partial charge on any atom is -0.486 e. The number of fused-ring (bicyclic) bond motifs is 11. The van der Waals surface area contributed by atoms with E-state index < -0.39 is 122 Å². The second-order valence-electron chi connectivity index (χ2n) is 22.4. The van der Waals surface area contributed by atoms with Crippen LogP contribution in [0, 0.1) is 29.6 Å². The summed E-state index contributed by atoms with van der Waals surface area (Å²) in [5.74, 6) is 1.22. The number of aliphatic hydroxyl groups is 7. The van der Waals surface area contributed by atoms with E-state index in [-0.39, 0.29) is 109 Å². The number of para-hydroxylation sites is 1. The normalized spacial score (nSPS) is 31.8. The molecule has 24 nitrogen and oxygen atoms in total. The lowest BCUT2D eigenvalue weighted by molar-refractivity contribution is -0.344. The molecule has 3 fully saturated rings.